The van der Waals surface area contributed by atoms with Crippen LogP contribution in [0.5, 0.6) is 0 Å². The maximum atomic E-state index is 12.1. The number of aromatic nitrogens is 2. The fraction of sp³-hybridized carbons (Fsp3) is 0.111. The number of hydrogen-bond donors (Lipinski definition) is 2. The van der Waals surface area contributed by atoms with Gasteiger partial charge in [-0.1, -0.05) is 53.8 Å². The van der Waals surface area contributed by atoms with Gasteiger partial charge in [0, 0.05) is 5.56 Å². The first-order valence-corrected chi connectivity index (χ1v) is 8.47. The minimum atomic E-state index is -0.342. The van der Waals surface area contributed by atoms with Crippen molar-refractivity contribution in [3.05, 3.63) is 65.2 Å². The molecule has 0 spiro atoms. The zero-order valence-corrected chi connectivity index (χ0v) is 14.3. The van der Waals surface area contributed by atoms with Gasteiger partial charge in [-0.05, 0) is 30.2 Å². The van der Waals surface area contributed by atoms with Crippen molar-refractivity contribution in [1.82, 2.24) is 15.5 Å². The highest BCUT2D eigenvalue weighted by molar-refractivity contribution is 7.15. The summed E-state index contributed by atoms with van der Waals surface area (Å²) in [5, 5.41) is 14.0. The molecule has 1 heterocycles. The first-order valence-electron chi connectivity index (χ1n) is 7.65. The van der Waals surface area contributed by atoms with Crippen LogP contribution in [0.25, 0.3) is 11.1 Å². The Morgan fingerprint density at radius 2 is 1.64 bits per heavy atom. The molecule has 0 bridgehead atoms. The monoisotopic (exact) mass is 352 g/mol. The van der Waals surface area contributed by atoms with Gasteiger partial charge >= 0.3 is 0 Å². The normalized spacial score (nSPS) is 10.3. The summed E-state index contributed by atoms with van der Waals surface area (Å²) >= 11 is 1.28. The van der Waals surface area contributed by atoms with Crippen LogP contribution in [0.2, 0.25) is 0 Å². The molecular weight excluding hydrogens is 336 g/mol. The molecule has 2 N–H and O–H groups in total. The van der Waals surface area contributed by atoms with E-state index >= 15 is 0 Å². The third-order valence-electron chi connectivity index (χ3n) is 3.44. The lowest BCUT2D eigenvalue weighted by Crippen LogP contribution is -2.32. The van der Waals surface area contributed by atoms with Crippen LogP contribution in [0.1, 0.15) is 15.4 Å². The maximum absolute atomic E-state index is 12.1. The lowest BCUT2D eigenvalue weighted by Gasteiger charge is -2.06. The van der Waals surface area contributed by atoms with Gasteiger partial charge in [0.15, 0.2) is 0 Å². The Labute approximate surface area is 148 Å². The minimum absolute atomic E-state index is 0.127. The van der Waals surface area contributed by atoms with Crippen molar-refractivity contribution in [1.29, 1.82) is 0 Å². The average Bonchev–Trinajstić information content (AvgIpc) is 3.05. The number of amides is 2. The van der Waals surface area contributed by atoms with E-state index in [0.29, 0.717) is 10.7 Å². The lowest BCUT2D eigenvalue weighted by molar-refractivity contribution is -0.115. The zero-order valence-electron chi connectivity index (χ0n) is 13.5. The number of nitrogens with zero attached hydrogens (tertiary/aromatic N) is 2. The number of anilines is 1. The zero-order chi connectivity index (χ0) is 17.6. The van der Waals surface area contributed by atoms with E-state index in [2.05, 4.69) is 20.8 Å². The highest BCUT2D eigenvalue weighted by atomic mass is 32.1. The van der Waals surface area contributed by atoms with Gasteiger partial charge in [0.2, 0.25) is 11.0 Å². The van der Waals surface area contributed by atoms with Crippen LogP contribution in [0.3, 0.4) is 0 Å². The second-order valence-electron chi connectivity index (χ2n) is 5.30. The number of rotatable bonds is 5. The quantitative estimate of drug-likeness (QED) is 0.739. The van der Waals surface area contributed by atoms with Gasteiger partial charge in [-0.25, -0.2) is 0 Å². The maximum Gasteiger partial charge on any atom is 0.251 e. The van der Waals surface area contributed by atoms with Gasteiger partial charge in [-0.2, -0.15) is 0 Å². The number of benzene rings is 2. The molecule has 7 heteroatoms. The summed E-state index contributed by atoms with van der Waals surface area (Å²) in [6, 6.07) is 17.2. The molecule has 1 aromatic heterocycles. The standard InChI is InChI=1S/C18H16N4O2S/c1-12-21-22-18(25-12)20-16(23)11-19-17(24)15-9-7-14(8-10-15)13-5-3-2-4-6-13/h2-10H,11H2,1H3,(H,19,24)(H,20,22,23). The van der Waals surface area contributed by atoms with Crippen molar-refractivity contribution in [3.63, 3.8) is 0 Å². The fourth-order valence-corrected chi connectivity index (χ4v) is 2.83. The van der Waals surface area contributed by atoms with Crippen LogP contribution in [0.4, 0.5) is 5.13 Å². The number of nitrogens with one attached hydrogen (secondary N) is 2. The van der Waals surface area contributed by atoms with Crippen LogP contribution >= 0.6 is 11.3 Å². The second-order valence-corrected chi connectivity index (χ2v) is 6.48. The third kappa shape index (κ3) is 4.48. The summed E-state index contributed by atoms with van der Waals surface area (Å²) in [6.07, 6.45) is 0. The van der Waals surface area contributed by atoms with Crippen LogP contribution in [-0.4, -0.2) is 28.6 Å². The summed E-state index contributed by atoms with van der Waals surface area (Å²) in [5.41, 5.74) is 2.61. The summed E-state index contributed by atoms with van der Waals surface area (Å²) in [7, 11) is 0. The van der Waals surface area contributed by atoms with Crippen molar-refractivity contribution < 1.29 is 9.59 Å². The topological polar surface area (TPSA) is 84.0 Å². The van der Waals surface area contributed by atoms with Crippen LogP contribution in [0.15, 0.2) is 54.6 Å². The predicted octanol–water partition coefficient (Wildman–Crippen LogP) is 2.88. The molecule has 0 atom stereocenters. The summed E-state index contributed by atoms with van der Waals surface area (Å²) in [4.78, 5) is 23.9. The molecule has 0 unspecified atom stereocenters. The number of aryl methyl sites for hydroxylation is 1. The van der Waals surface area contributed by atoms with Gasteiger partial charge in [-0.3, -0.25) is 14.9 Å². The molecule has 2 amide bonds. The Morgan fingerprint density at radius 1 is 0.960 bits per heavy atom. The summed E-state index contributed by atoms with van der Waals surface area (Å²) in [5.74, 6) is -0.645. The van der Waals surface area contributed by atoms with Crippen molar-refractivity contribution in [2.45, 2.75) is 6.92 Å². The Balaban J connectivity index is 1.55. The third-order valence-corrected chi connectivity index (χ3v) is 4.19. The van der Waals surface area contributed by atoms with Crippen molar-refractivity contribution in [3.8, 4) is 11.1 Å². The van der Waals surface area contributed by atoms with E-state index in [0.717, 1.165) is 16.1 Å². The van der Waals surface area contributed by atoms with Gasteiger partial charge in [0.25, 0.3) is 5.91 Å². The van der Waals surface area contributed by atoms with E-state index < -0.39 is 0 Å². The highest BCUT2D eigenvalue weighted by Gasteiger charge is 2.10. The first kappa shape index (κ1) is 16.8. The number of carbonyl (C=O) groups excluding carboxylic acids is 2. The number of hydrogen-bond acceptors (Lipinski definition) is 5. The second kappa shape index (κ2) is 7.67. The van der Waals surface area contributed by atoms with Crippen LogP contribution in [0, 0.1) is 6.92 Å². The summed E-state index contributed by atoms with van der Waals surface area (Å²) < 4.78 is 0. The summed E-state index contributed by atoms with van der Waals surface area (Å²) in [6.45, 7) is 1.67. The Morgan fingerprint density at radius 3 is 2.28 bits per heavy atom. The largest absolute Gasteiger partial charge is 0.343 e. The van der Waals surface area contributed by atoms with Crippen LogP contribution in [-0.2, 0) is 4.79 Å². The molecule has 0 aliphatic heterocycles. The van der Waals surface area contributed by atoms with Gasteiger partial charge in [0.1, 0.15) is 5.01 Å². The van der Waals surface area contributed by atoms with E-state index in [-0.39, 0.29) is 18.4 Å². The van der Waals surface area contributed by atoms with E-state index in [1.807, 2.05) is 42.5 Å². The van der Waals surface area contributed by atoms with Crippen molar-refractivity contribution in [2.24, 2.45) is 0 Å². The van der Waals surface area contributed by atoms with E-state index in [1.54, 1.807) is 19.1 Å². The molecule has 126 valence electrons. The molecule has 0 saturated heterocycles. The van der Waals surface area contributed by atoms with E-state index in [1.165, 1.54) is 11.3 Å². The Bertz CT molecular complexity index is 876. The molecule has 6 nitrogen and oxygen atoms in total. The SMILES string of the molecule is Cc1nnc(NC(=O)CNC(=O)c2ccc(-c3ccccc3)cc2)s1. The molecule has 0 radical (unpaired) electrons. The number of carbonyl (C=O) groups is 2. The molecule has 0 fully saturated rings. The lowest BCUT2D eigenvalue weighted by atomic mass is 10.0. The molecule has 0 aliphatic carbocycles. The Hall–Kier alpha value is -3.06. The van der Waals surface area contributed by atoms with E-state index in [4.69, 9.17) is 0 Å². The molecule has 3 rings (SSSR count). The molecule has 25 heavy (non-hydrogen) atoms. The highest BCUT2D eigenvalue weighted by Crippen LogP contribution is 2.19. The molecule has 0 saturated carbocycles. The smallest absolute Gasteiger partial charge is 0.251 e. The minimum Gasteiger partial charge on any atom is -0.343 e. The Kier molecular flexibility index (Phi) is 5.15. The molecule has 0 aliphatic rings. The van der Waals surface area contributed by atoms with Crippen molar-refractivity contribution >= 4 is 28.3 Å². The van der Waals surface area contributed by atoms with Crippen LogP contribution < -0.4 is 10.6 Å². The molecule has 2 aromatic carbocycles. The van der Waals surface area contributed by atoms with Gasteiger partial charge < -0.3 is 5.32 Å². The molecular formula is C18H16N4O2S. The molecule has 3 aromatic rings. The first-order chi connectivity index (χ1) is 12.1. The fourth-order valence-electron chi connectivity index (χ4n) is 2.22. The van der Waals surface area contributed by atoms with E-state index in [9.17, 15) is 9.59 Å². The van der Waals surface area contributed by atoms with Crippen molar-refractivity contribution in [2.75, 3.05) is 11.9 Å². The van der Waals surface area contributed by atoms with Gasteiger partial charge in [-0.15, -0.1) is 10.2 Å². The average molecular weight is 352 g/mol. The van der Waals surface area contributed by atoms with Gasteiger partial charge in [0.05, 0.1) is 6.54 Å². The predicted molar refractivity (Wildman–Crippen MR) is 97.5 cm³/mol.